The average Bonchev–Trinajstić information content (AvgIpc) is 2.57. The van der Waals surface area contributed by atoms with Gasteiger partial charge < -0.3 is 15.2 Å². The molecule has 0 aliphatic heterocycles. The van der Waals surface area contributed by atoms with Gasteiger partial charge in [0.25, 0.3) is 0 Å². The number of aryl methyl sites for hydroxylation is 2. The van der Waals surface area contributed by atoms with Crippen LogP contribution in [0.3, 0.4) is 0 Å². The van der Waals surface area contributed by atoms with E-state index in [1.807, 2.05) is 6.92 Å². The van der Waals surface area contributed by atoms with Crippen LogP contribution in [-0.4, -0.2) is 23.7 Å². The summed E-state index contributed by atoms with van der Waals surface area (Å²) < 4.78 is 4.97. The van der Waals surface area contributed by atoms with Gasteiger partial charge in [0.1, 0.15) is 11.4 Å². The lowest BCUT2D eigenvalue weighted by molar-refractivity contribution is -0.117. The van der Waals surface area contributed by atoms with Gasteiger partial charge in [-0.05, 0) is 33.7 Å². The molecule has 0 bridgehead atoms. The van der Waals surface area contributed by atoms with Crippen molar-refractivity contribution in [2.24, 2.45) is 0 Å². The van der Waals surface area contributed by atoms with Gasteiger partial charge in [-0.1, -0.05) is 12.1 Å². The molecule has 90 valence electrons. The molecule has 1 aromatic heterocycles. The first-order valence-electron chi connectivity index (χ1n) is 5.53. The van der Waals surface area contributed by atoms with E-state index >= 15 is 0 Å². The van der Waals surface area contributed by atoms with Crippen LogP contribution >= 0.6 is 0 Å². The normalized spacial score (nSPS) is 12.5. The van der Waals surface area contributed by atoms with Crippen LogP contribution in [0.2, 0.25) is 0 Å². The fourth-order valence-electron chi connectivity index (χ4n) is 1.35. The molecule has 0 saturated carbocycles. The zero-order valence-electron chi connectivity index (χ0n) is 10.3. The monoisotopic (exact) mass is 225 g/mol. The number of anilines is 1. The second-order valence-electron chi connectivity index (χ2n) is 3.86. The first-order valence-corrected chi connectivity index (χ1v) is 5.53. The number of aromatic nitrogens is 1. The van der Waals surface area contributed by atoms with Crippen molar-refractivity contribution >= 4 is 11.6 Å². The van der Waals surface area contributed by atoms with Crippen molar-refractivity contribution in [1.29, 1.82) is 0 Å². The molecule has 5 nitrogen and oxygen atoms in total. The maximum Gasteiger partial charge on any atom is 0.241 e. The molecular formula is C11H19N3O2. The van der Waals surface area contributed by atoms with Gasteiger partial charge in [-0.15, -0.1) is 0 Å². The largest absolute Gasteiger partial charge is 0.359 e. The summed E-state index contributed by atoms with van der Waals surface area (Å²) in [5.74, 6) is 0.566. The van der Waals surface area contributed by atoms with E-state index in [-0.39, 0.29) is 11.9 Å². The van der Waals surface area contributed by atoms with Gasteiger partial charge in [0.15, 0.2) is 5.76 Å². The van der Waals surface area contributed by atoms with Gasteiger partial charge in [0, 0.05) is 0 Å². The minimum absolute atomic E-state index is 0.0668. The summed E-state index contributed by atoms with van der Waals surface area (Å²) in [6.07, 6.45) is 1.00. The highest BCUT2D eigenvalue weighted by Gasteiger charge is 2.16. The third-order valence-electron chi connectivity index (χ3n) is 2.38. The zero-order chi connectivity index (χ0) is 12.1. The van der Waals surface area contributed by atoms with Crippen LogP contribution in [0, 0.1) is 13.8 Å². The van der Waals surface area contributed by atoms with Gasteiger partial charge in [-0.3, -0.25) is 4.79 Å². The molecule has 0 aliphatic rings. The molecule has 0 saturated heterocycles. The quantitative estimate of drug-likeness (QED) is 0.799. The number of nitrogens with one attached hydrogen (secondary N) is 2. The molecule has 1 heterocycles. The Hall–Kier alpha value is -1.36. The lowest BCUT2D eigenvalue weighted by atomic mass is 10.2. The maximum absolute atomic E-state index is 11.8. The summed E-state index contributed by atoms with van der Waals surface area (Å²) in [7, 11) is 0. The van der Waals surface area contributed by atoms with Crippen LogP contribution in [0.1, 0.15) is 31.7 Å². The van der Waals surface area contributed by atoms with Crippen molar-refractivity contribution in [1.82, 2.24) is 10.5 Å². The summed E-state index contributed by atoms with van der Waals surface area (Å²) >= 11 is 0. The summed E-state index contributed by atoms with van der Waals surface area (Å²) in [6, 6.07) is -0.214. The predicted molar refractivity (Wildman–Crippen MR) is 62.4 cm³/mol. The Labute approximate surface area is 95.6 Å². The van der Waals surface area contributed by atoms with Crippen molar-refractivity contribution in [3.05, 3.63) is 11.5 Å². The molecule has 0 unspecified atom stereocenters. The predicted octanol–water partition coefficient (Wildman–Crippen LogP) is 1.62. The van der Waals surface area contributed by atoms with Gasteiger partial charge in [0.05, 0.1) is 6.04 Å². The van der Waals surface area contributed by atoms with Crippen molar-refractivity contribution in [3.8, 4) is 0 Å². The molecule has 1 atom stereocenters. The number of carbonyl (C=O) groups excluding carboxylic acids is 1. The van der Waals surface area contributed by atoms with Crippen molar-refractivity contribution in [3.63, 3.8) is 0 Å². The molecule has 0 aliphatic carbocycles. The molecule has 0 fully saturated rings. The van der Waals surface area contributed by atoms with Crippen LogP contribution in [0.15, 0.2) is 4.52 Å². The zero-order valence-corrected chi connectivity index (χ0v) is 10.3. The molecule has 5 heteroatoms. The van der Waals surface area contributed by atoms with Crippen molar-refractivity contribution in [2.75, 3.05) is 11.9 Å². The highest BCUT2D eigenvalue weighted by Crippen LogP contribution is 2.18. The summed E-state index contributed by atoms with van der Waals surface area (Å²) in [5, 5.41) is 9.71. The molecule has 1 aromatic rings. The molecule has 0 spiro atoms. The topological polar surface area (TPSA) is 67.2 Å². The number of hydrogen-bond donors (Lipinski definition) is 2. The number of nitrogens with zero attached hydrogens (tertiary/aromatic N) is 1. The van der Waals surface area contributed by atoms with E-state index in [0.29, 0.717) is 17.1 Å². The fraction of sp³-hybridized carbons (Fsp3) is 0.636. The smallest absolute Gasteiger partial charge is 0.241 e. The molecule has 0 aromatic carbocycles. The molecule has 1 rings (SSSR count). The second kappa shape index (κ2) is 5.65. The summed E-state index contributed by atoms with van der Waals surface area (Å²) in [5.41, 5.74) is 1.38. The van der Waals surface area contributed by atoms with E-state index in [1.54, 1.807) is 13.8 Å². The van der Waals surface area contributed by atoms with E-state index in [2.05, 4.69) is 22.7 Å². The minimum Gasteiger partial charge on any atom is -0.359 e. The maximum atomic E-state index is 11.8. The molecule has 2 N–H and O–H groups in total. The number of amides is 1. The number of rotatable bonds is 5. The second-order valence-corrected chi connectivity index (χ2v) is 3.86. The molecule has 0 radical (unpaired) electrons. The summed E-state index contributed by atoms with van der Waals surface area (Å²) in [4.78, 5) is 11.8. The van der Waals surface area contributed by atoms with Crippen molar-refractivity contribution < 1.29 is 9.32 Å². The van der Waals surface area contributed by atoms with Crippen molar-refractivity contribution in [2.45, 2.75) is 40.2 Å². The fourth-order valence-corrected chi connectivity index (χ4v) is 1.35. The van der Waals surface area contributed by atoms with Crippen LogP contribution < -0.4 is 10.6 Å². The van der Waals surface area contributed by atoms with E-state index in [9.17, 15) is 4.79 Å². The number of hydrogen-bond acceptors (Lipinski definition) is 4. The summed E-state index contributed by atoms with van der Waals surface area (Å²) in [6.45, 7) is 8.31. The Morgan fingerprint density at radius 1 is 1.50 bits per heavy atom. The molecular weight excluding hydrogens is 206 g/mol. The Balaban J connectivity index is 2.57. The van der Waals surface area contributed by atoms with Gasteiger partial charge in [-0.25, -0.2) is 0 Å². The van der Waals surface area contributed by atoms with E-state index in [1.165, 1.54) is 0 Å². The first-order chi connectivity index (χ1) is 7.56. The van der Waals surface area contributed by atoms with E-state index in [4.69, 9.17) is 4.52 Å². The Bertz CT molecular complexity index is 341. The van der Waals surface area contributed by atoms with Crippen LogP contribution in [0.4, 0.5) is 5.69 Å². The average molecular weight is 225 g/mol. The lowest BCUT2D eigenvalue weighted by Gasteiger charge is -2.12. The third kappa shape index (κ3) is 3.06. The van der Waals surface area contributed by atoms with Gasteiger partial charge >= 0.3 is 0 Å². The Kier molecular flexibility index (Phi) is 4.49. The number of carbonyl (C=O) groups is 1. The highest BCUT2D eigenvalue weighted by atomic mass is 16.5. The Morgan fingerprint density at radius 3 is 2.69 bits per heavy atom. The third-order valence-corrected chi connectivity index (χ3v) is 2.38. The standard InChI is InChI=1S/C11H19N3O2/c1-5-6-12-8(3)11(15)13-10-7(2)14-16-9(10)4/h8,12H,5-6H2,1-4H3,(H,13,15)/t8-/m0/s1. The minimum atomic E-state index is -0.214. The van der Waals surface area contributed by atoms with Gasteiger partial charge in [0.2, 0.25) is 5.91 Å². The highest BCUT2D eigenvalue weighted by molar-refractivity contribution is 5.95. The van der Waals surface area contributed by atoms with E-state index in [0.717, 1.165) is 13.0 Å². The van der Waals surface area contributed by atoms with Crippen LogP contribution in [0.25, 0.3) is 0 Å². The van der Waals surface area contributed by atoms with Crippen LogP contribution in [-0.2, 0) is 4.79 Å². The molecule has 16 heavy (non-hydrogen) atoms. The SMILES string of the molecule is CCCN[C@@H](C)C(=O)Nc1c(C)noc1C. The van der Waals surface area contributed by atoms with Crippen LogP contribution in [0.5, 0.6) is 0 Å². The van der Waals surface area contributed by atoms with E-state index < -0.39 is 0 Å². The van der Waals surface area contributed by atoms with Gasteiger partial charge in [-0.2, -0.15) is 0 Å². The molecule has 1 amide bonds. The first kappa shape index (κ1) is 12.7. The Morgan fingerprint density at radius 2 is 2.19 bits per heavy atom. The lowest BCUT2D eigenvalue weighted by Crippen LogP contribution is -2.38.